The summed E-state index contributed by atoms with van der Waals surface area (Å²) in [6.45, 7) is 12.0. The van der Waals surface area contributed by atoms with Crippen LogP contribution in [0.25, 0.3) is 0 Å². The maximum atomic E-state index is 13.2. The molecule has 0 atom stereocenters. The third kappa shape index (κ3) is 2.54. The number of ketones is 1. The van der Waals surface area contributed by atoms with Gasteiger partial charge in [0, 0.05) is 11.1 Å². The Bertz CT molecular complexity index is 755. The van der Waals surface area contributed by atoms with E-state index in [2.05, 4.69) is 6.07 Å². The smallest absolute Gasteiger partial charge is 0.194 e. The zero-order chi connectivity index (χ0) is 16.6. The Morgan fingerprint density at radius 1 is 0.773 bits per heavy atom. The molecule has 0 heterocycles. The van der Waals surface area contributed by atoms with Gasteiger partial charge in [-0.05, 0) is 81.0 Å². The summed E-state index contributed by atoms with van der Waals surface area (Å²) in [5.74, 6) is 0.948. The van der Waals surface area contributed by atoms with Gasteiger partial charge in [-0.1, -0.05) is 12.1 Å². The zero-order valence-corrected chi connectivity index (χ0v) is 14.5. The lowest BCUT2D eigenvalue weighted by atomic mass is 9.87. The van der Waals surface area contributed by atoms with Gasteiger partial charge < -0.3 is 4.74 Å². The highest BCUT2D eigenvalue weighted by molar-refractivity contribution is 6.13. The molecule has 0 unspecified atom stereocenters. The van der Waals surface area contributed by atoms with E-state index in [1.807, 2.05) is 53.7 Å². The fraction of sp³-hybridized carbons (Fsp3) is 0.350. The summed E-state index contributed by atoms with van der Waals surface area (Å²) in [4.78, 5) is 13.2. The Balaban J connectivity index is 2.71. The first-order chi connectivity index (χ1) is 10.3. The summed E-state index contributed by atoms with van der Waals surface area (Å²) in [5.41, 5.74) is 7.87. The number of methoxy groups -OCH3 is 1. The van der Waals surface area contributed by atoms with Crippen LogP contribution in [0.15, 0.2) is 18.2 Å². The van der Waals surface area contributed by atoms with E-state index in [1.54, 1.807) is 7.11 Å². The molecule has 0 bridgehead atoms. The van der Waals surface area contributed by atoms with Gasteiger partial charge in [0.2, 0.25) is 0 Å². The van der Waals surface area contributed by atoms with Crippen molar-refractivity contribution >= 4 is 5.78 Å². The molecule has 0 aliphatic carbocycles. The number of benzene rings is 2. The molecule has 2 rings (SSSR count). The van der Waals surface area contributed by atoms with Crippen molar-refractivity contribution in [2.24, 2.45) is 0 Å². The van der Waals surface area contributed by atoms with E-state index in [0.717, 1.165) is 50.3 Å². The molecule has 0 aliphatic rings. The van der Waals surface area contributed by atoms with Crippen LogP contribution in [0.3, 0.4) is 0 Å². The number of ether oxygens (including phenoxy) is 1. The predicted octanol–water partition coefficient (Wildman–Crippen LogP) is 4.78. The molecule has 0 saturated heterocycles. The van der Waals surface area contributed by atoms with E-state index in [1.165, 1.54) is 0 Å². The summed E-state index contributed by atoms with van der Waals surface area (Å²) >= 11 is 0. The number of hydrogen-bond acceptors (Lipinski definition) is 2. The molecule has 0 amide bonds. The van der Waals surface area contributed by atoms with E-state index in [9.17, 15) is 4.79 Å². The first-order valence-electron chi connectivity index (χ1n) is 7.55. The number of aryl methyl sites for hydroxylation is 3. The van der Waals surface area contributed by atoms with Crippen LogP contribution in [0.1, 0.15) is 49.3 Å². The molecule has 0 aliphatic heterocycles. The van der Waals surface area contributed by atoms with Gasteiger partial charge in [0.25, 0.3) is 0 Å². The highest BCUT2D eigenvalue weighted by atomic mass is 16.5. The van der Waals surface area contributed by atoms with Crippen LogP contribution >= 0.6 is 0 Å². The molecular formula is C20H24O2. The number of hydrogen-bond donors (Lipinski definition) is 0. The van der Waals surface area contributed by atoms with Crippen molar-refractivity contribution in [1.82, 2.24) is 0 Å². The first-order valence-corrected chi connectivity index (χ1v) is 7.55. The van der Waals surface area contributed by atoms with Crippen molar-refractivity contribution in [3.63, 3.8) is 0 Å². The SMILES string of the molecule is COc1cc(C)c(C(=O)c2c(C)ccc(C)c2C)c(C)c1C. The molecular weight excluding hydrogens is 272 g/mol. The second-order valence-corrected chi connectivity index (χ2v) is 6.05. The van der Waals surface area contributed by atoms with Crippen LogP contribution in [0.2, 0.25) is 0 Å². The third-order valence-electron chi connectivity index (χ3n) is 4.67. The molecule has 2 heteroatoms. The molecule has 0 fully saturated rings. The van der Waals surface area contributed by atoms with Gasteiger partial charge in [0.1, 0.15) is 5.75 Å². The van der Waals surface area contributed by atoms with Gasteiger partial charge in [0.15, 0.2) is 5.78 Å². The van der Waals surface area contributed by atoms with E-state index in [0.29, 0.717) is 0 Å². The lowest BCUT2D eigenvalue weighted by molar-refractivity contribution is 0.103. The molecule has 0 radical (unpaired) electrons. The van der Waals surface area contributed by atoms with Crippen molar-refractivity contribution in [1.29, 1.82) is 0 Å². The summed E-state index contributed by atoms with van der Waals surface area (Å²) < 4.78 is 5.40. The third-order valence-corrected chi connectivity index (χ3v) is 4.67. The first kappa shape index (κ1) is 16.3. The molecule has 116 valence electrons. The maximum absolute atomic E-state index is 13.2. The molecule has 0 spiro atoms. The molecule has 0 N–H and O–H groups in total. The van der Waals surface area contributed by atoms with Crippen LogP contribution in [-0.4, -0.2) is 12.9 Å². The van der Waals surface area contributed by atoms with Crippen LogP contribution < -0.4 is 4.74 Å². The van der Waals surface area contributed by atoms with Crippen molar-refractivity contribution in [2.45, 2.75) is 41.5 Å². The second-order valence-electron chi connectivity index (χ2n) is 6.05. The number of carbonyl (C=O) groups excluding carboxylic acids is 1. The highest BCUT2D eigenvalue weighted by Gasteiger charge is 2.21. The summed E-state index contributed by atoms with van der Waals surface area (Å²) in [5, 5.41) is 0. The second kappa shape index (κ2) is 5.96. The summed E-state index contributed by atoms with van der Waals surface area (Å²) in [6.07, 6.45) is 0. The molecule has 22 heavy (non-hydrogen) atoms. The Morgan fingerprint density at radius 2 is 1.32 bits per heavy atom. The van der Waals surface area contributed by atoms with Crippen molar-refractivity contribution in [2.75, 3.05) is 7.11 Å². The minimum atomic E-state index is 0.111. The van der Waals surface area contributed by atoms with Gasteiger partial charge in [-0.3, -0.25) is 4.79 Å². The largest absolute Gasteiger partial charge is 0.496 e. The minimum absolute atomic E-state index is 0.111. The topological polar surface area (TPSA) is 26.3 Å². The van der Waals surface area contributed by atoms with Gasteiger partial charge in [-0.25, -0.2) is 0 Å². The zero-order valence-electron chi connectivity index (χ0n) is 14.5. The average Bonchev–Trinajstić information content (AvgIpc) is 2.47. The van der Waals surface area contributed by atoms with Crippen molar-refractivity contribution in [3.05, 3.63) is 62.7 Å². The number of carbonyl (C=O) groups is 1. The van der Waals surface area contributed by atoms with Gasteiger partial charge in [-0.15, -0.1) is 0 Å². The Hall–Kier alpha value is -2.09. The van der Waals surface area contributed by atoms with E-state index in [4.69, 9.17) is 4.74 Å². The normalized spacial score (nSPS) is 10.7. The van der Waals surface area contributed by atoms with E-state index < -0.39 is 0 Å². The molecule has 2 aromatic carbocycles. The number of rotatable bonds is 3. The minimum Gasteiger partial charge on any atom is -0.496 e. The standard InChI is InChI=1S/C20H24O2/c1-11-8-9-12(2)18(14(11)4)20(21)19-13(3)10-17(22-7)15(5)16(19)6/h8-10H,1-7H3. The average molecular weight is 296 g/mol. The lowest BCUT2D eigenvalue weighted by Gasteiger charge is -2.18. The van der Waals surface area contributed by atoms with Gasteiger partial charge in [-0.2, -0.15) is 0 Å². The van der Waals surface area contributed by atoms with Crippen molar-refractivity contribution < 1.29 is 9.53 Å². The van der Waals surface area contributed by atoms with Crippen LogP contribution in [0.4, 0.5) is 0 Å². The lowest BCUT2D eigenvalue weighted by Crippen LogP contribution is -2.12. The molecule has 0 aromatic heterocycles. The Morgan fingerprint density at radius 3 is 1.91 bits per heavy atom. The molecule has 0 saturated carbocycles. The predicted molar refractivity (Wildman–Crippen MR) is 91.3 cm³/mol. The van der Waals surface area contributed by atoms with Crippen LogP contribution in [-0.2, 0) is 0 Å². The highest BCUT2D eigenvalue weighted by Crippen LogP contribution is 2.31. The van der Waals surface area contributed by atoms with Crippen LogP contribution in [0, 0.1) is 41.5 Å². The fourth-order valence-electron chi connectivity index (χ4n) is 3.03. The van der Waals surface area contributed by atoms with E-state index in [-0.39, 0.29) is 5.78 Å². The van der Waals surface area contributed by atoms with Gasteiger partial charge in [0.05, 0.1) is 7.11 Å². The monoisotopic (exact) mass is 296 g/mol. The Labute approximate surface area is 133 Å². The van der Waals surface area contributed by atoms with Crippen molar-refractivity contribution in [3.8, 4) is 5.75 Å². The van der Waals surface area contributed by atoms with Gasteiger partial charge >= 0.3 is 0 Å². The fourth-order valence-corrected chi connectivity index (χ4v) is 3.03. The summed E-state index contributed by atoms with van der Waals surface area (Å²) in [7, 11) is 1.66. The molecule has 2 aromatic rings. The molecule has 2 nitrogen and oxygen atoms in total. The van der Waals surface area contributed by atoms with Crippen LogP contribution in [0.5, 0.6) is 5.75 Å². The van der Waals surface area contributed by atoms with E-state index >= 15 is 0 Å². The Kier molecular flexibility index (Phi) is 4.41. The quantitative estimate of drug-likeness (QED) is 0.762. The summed E-state index contributed by atoms with van der Waals surface area (Å²) in [6, 6.07) is 6.05. The maximum Gasteiger partial charge on any atom is 0.194 e.